The summed E-state index contributed by atoms with van der Waals surface area (Å²) in [5.74, 6) is 0. The van der Waals surface area contributed by atoms with E-state index in [2.05, 4.69) is 15.9 Å². The fourth-order valence-corrected chi connectivity index (χ4v) is 2.43. The van der Waals surface area contributed by atoms with Gasteiger partial charge in [0, 0.05) is 4.47 Å². The highest BCUT2D eigenvalue weighted by molar-refractivity contribution is 9.10. The lowest BCUT2D eigenvalue weighted by molar-refractivity contribution is -0.613. The fourth-order valence-electron chi connectivity index (χ4n) is 0.868. The van der Waals surface area contributed by atoms with Crippen LogP contribution < -0.4 is 0 Å². The monoisotopic (exact) mass is 294 g/mol. The number of hydrogen-bond donors (Lipinski definition) is 0. The molecule has 6 nitrogen and oxygen atoms in total. The third-order valence-corrected chi connectivity index (χ3v) is 3.84. The minimum atomic E-state index is -4.06. The zero-order chi connectivity index (χ0) is 11.6. The Bertz CT molecular complexity index is 488. The van der Waals surface area contributed by atoms with Crippen molar-refractivity contribution in [2.45, 2.75) is 4.90 Å². The third-order valence-electron chi connectivity index (χ3n) is 1.67. The number of benzene rings is 1. The summed E-state index contributed by atoms with van der Waals surface area (Å²) in [4.78, 5) is 10.2. The lowest BCUT2D eigenvalue weighted by atomic mass is 10.4. The van der Waals surface area contributed by atoms with Crippen molar-refractivity contribution in [2.75, 3.05) is 7.05 Å². The lowest BCUT2D eigenvalue weighted by Gasteiger charge is -2.08. The smallest absolute Gasteiger partial charge is 0.234 e. The highest BCUT2D eigenvalue weighted by atomic mass is 79.9. The first-order valence-electron chi connectivity index (χ1n) is 3.74. The number of halogens is 1. The van der Waals surface area contributed by atoms with E-state index in [9.17, 15) is 18.5 Å². The maximum Gasteiger partial charge on any atom is 0.313 e. The predicted octanol–water partition coefficient (Wildman–Crippen LogP) is 1.26. The number of nitro groups is 1. The topological polar surface area (TPSA) is 80.5 Å². The summed E-state index contributed by atoms with van der Waals surface area (Å²) in [6.07, 6.45) is 0. The molecule has 0 aliphatic heterocycles. The largest absolute Gasteiger partial charge is 0.313 e. The van der Waals surface area contributed by atoms with E-state index in [0.717, 1.165) is 7.05 Å². The normalized spacial score (nSPS) is 11.1. The summed E-state index contributed by atoms with van der Waals surface area (Å²) in [5, 5.41) is 9.35. The van der Waals surface area contributed by atoms with Crippen LogP contribution in [0.2, 0.25) is 0 Å². The molecule has 1 aromatic carbocycles. The van der Waals surface area contributed by atoms with Crippen molar-refractivity contribution in [3.05, 3.63) is 38.9 Å². The molecule has 0 radical (unpaired) electrons. The summed E-state index contributed by atoms with van der Waals surface area (Å²) in [7, 11) is -3.17. The SMILES string of the molecule is CN([N+](=O)[O-])S(=O)(=O)c1cccc(Br)c1. The third kappa shape index (κ3) is 2.45. The van der Waals surface area contributed by atoms with Crippen LogP contribution in [-0.2, 0) is 10.0 Å². The quantitative estimate of drug-likeness (QED) is 0.621. The zero-order valence-electron chi connectivity index (χ0n) is 7.62. The van der Waals surface area contributed by atoms with Crippen molar-refractivity contribution in [3.63, 3.8) is 0 Å². The molecule has 0 aliphatic rings. The van der Waals surface area contributed by atoms with E-state index in [4.69, 9.17) is 0 Å². The Labute approximate surface area is 94.8 Å². The van der Waals surface area contributed by atoms with Gasteiger partial charge in [-0.1, -0.05) is 22.0 Å². The number of nitrogens with zero attached hydrogens (tertiary/aromatic N) is 2. The van der Waals surface area contributed by atoms with Gasteiger partial charge in [-0.25, -0.2) is 10.1 Å². The van der Waals surface area contributed by atoms with E-state index in [-0.39, 0.29) is 9.31 Å². The van der Waals surface area contributed by atoms with E-state index in [1.54, 1.807) is 6.07 Å². The minimum Gasteiger partial charge on any atom is -0.234 e. The molecule has 0 fully saturated rings. The van der Waals surface area contributed by atoms with Crippen molar-refractivity contribution in [2.24, 2.45) is 0 Å². The Kier molecular flexibility index (Phi) is 3.30. The first kappa shape index (κ1) is 11.9. The van der Waals surface area contributed by atoms with Crippen molar-refractivity contribution < 1.29 is 13.5 Å². The van der Waals surface area contributed by atoms with E-state index in [1.165, 1.54) is 18.2 Å². The summed E-state index contributed by atoms with van der Waals surface area (Å²) in [5.41, 5.74) is 0. The molecule has 8 heteroatoms. The van der Waals surface area contributed by atoms with Gasteiger partial charge in [0.25, 0.3) is 0 Å². The molecule has 0 spiro atoms. The average Bonchev–Trinajstić information content (AvgIpc) is 2.16. The van der Waals surface area contributed by atoms with Gasteiger partial charge in [0.05, 0.1) is 11.9 Å². The van der Waals surface area contributed by atoms with Crippen LogP contribution in [0.25, 0.3) is 0 Å². The van der Waals surface area contributed by atoms with Gasteiger partial charge in [0.15, 0.2) is 5.03 Å². The molecule has 0 saturated carbocycles. The molecular formula is C7H7BrN2O4S. The van der Waals surface area contributed by atoms with Crippen molar-refractivity contribution in [3.8, 4) is 0 Å². The van der Waals surface area contributed by atoms with Crippen LogP contribution in [-0.4, -0.2) is 24.9 Å². The van der Waals surface area contributed by atoms with Gasteiger partial charge < -0.3 is 0 Å². The molecule has 0 aromatic heterocycles. The maximum atomic E-state index is 11.6. The molecular weight excluding hydrogens is 288 g/mol. The van der Waals surface area contributed by atoms with E-state index in [0.29, 0.717) is 4.47 Å². The van der Waals surface area contributed by atoms with Gasteiger partial charge in [-0.15, -0.1) is 0 Å². The molecule has 0 heterocycles. The molecule has 15 heavy (non-hydrogen) atoms. The Hall–Kier alpha value is -1.15. The van der Waals surface area contributed by atoms with Crippen LogP contribution >= 0.6 is 15.9 Å². The molecule has 1 rings (SSSR count). The Morgan fingerprint density at radius 3 is 2.53 bits per heavy atom. The Morgan fingerprint density at radius 1 is 1.47 bits per heavy atom. The molecule has 82 valence electrons. The van der Waals surface area contributed by atoms with E-state index >= 15 is 0 Å². The number of hydrazine groups is 1. The van der Waals surface area contributed by atoms with Crippen molar-refractivity contribution in [1.29, 1.82) is 0 Å². The predicted molar refractivity (Wildman–Crippen MR) is 56.1 cm³/mol. The summed E-state index contributed by atoms with van der Waals surface area (Å²) >= 11 is 3.09. The maximum absolute atomic E-state index is 11.6. The first-order chi connectivity index (χ1) is 6.85. The van der Waals surface area contributed by atoms with Crippen LogP contribution in [0.3, 0.4) is 0 Å². The molecule has 0 amide bonds. The average molecular weight is 295 g/mol. The summed E-state index contributed by atoms with van der Waals surface area (Å²) in [6.45, 7) is 0. The fraction of sp³-hybridized carbons (Fsp3) is 0.143. The van der Waals surface area contributed by atoms with E-state index in [1.807, 2.05) is 0 Å². The molecule has 0 atom stereocenters. The highest BCUT2D eigenvalue weighted by Gasteiger charge is 2.28. The van der Waals surface area contributed by atoms with Gasteiger partial charge >= 0.3 is 10.0 Å². The second-order valence-corrected chi connectivity index (χ2v) is 5.50. The van der Waals surface area contributed by atoms with Crippen LogP contribution in [0.4, 0.5) is 0 Å². The standard InChI is InChI=1S/C7H7BrN2O4S/c1-9(10(11)12)15(13,14)7-4-2-3-6(8)5-7/h2-5H,1H3. The minimum absolute atomic E-state index is 0.0781. The number of hydrogen-bond acceptors (Lipinski definition) is 4. The second kappa shape index (κ2) is 4.15. The van der Waals surface area contributed by atoms with Crippen LogP contribution in [0.5, 0.6) is 0 Å². The highest BCUT2D eigenvalue weighted by Crippen LogP contribution is 2.18. The lowest BCUT2D eigenvalue weighted by Crippen LogP contribution is -2.32. The van der Waals surface area contributed by atoms with Gasteiger partial charge in [-0.2, -0.15) is 8.42 Å². The number of sulfonamides is 1. The molecule has 0 N–H and O–H groups in total. The second-order valence-electron chi connectivity index (χ2n) is 2.63. The van der Waals surface area contributed by atoms with Crippen molar-refractivity contribution in [1.82, 2.24) is 4.41 Å². The van der Waals surface area contributed by atoms with Gasteiger partial charge in [0.2, 0.25) is 0 Å². The summed E-state index contributed by atoms with van der Waals surface area (Å²) in [6, 6.07) is 5.71. The molecule has 0 aliphatic carbocycles. The van der Waals surface area contributed by atoms with E-state index < -0.39 is 15.1 Å². The van der Waals surface area contributed by atoms with Crippen LogP contribution in [0.15, 0.2) is 33.6 Å². The molecule has 1 aromatic rings. The zero-order valence-corrected chi connectivity index (χ0v) is 10.0. The molecule has 0 saturated heterocycles. The van der Waals surface area contributed by atoms with Crippen molar-refractivity contribution >= 4 is 26.0 Å². The van der Waals surface area contributed by atoms with Gasteiger partial charge in [-0.05, 0) is 22.6 Å². The van der Waals surface area contributed by atoms with Crippen LogP contribution in [0.1, 0.15) is 0 Å². The van der Waals surface area contributed by atoms with Gasteiger partial charge in [-0.3, -0.25) is 0 Å². The first-order valence-corrected chi connectivity index (χ1v) is 5.98. The molecule has 0 bridgehead atoms. The Balaban J connectivity index is 3.23. The Morgan fingerprint density at radius 2 is 2.07 bits per heavy atom. The van der Waals surface area contributed by atoms with Crippen LogP contribution in [0, 0.1) is 10.1 Å². The summed E-state index contributed by atoms with van der Waals surface area (Å²) < 4.78 is 23.8. The van der Waals surface area contributed by atoms with Gasteiger partial charge in [0.1, 0.15) is 0 Å². The molecule has 0 unspecified atom stereocenters. The number of rotatable bonds is 3.